The summed E-state index contributed by atoms with van der Waals surface area (Å²) in [6, 6.07) is 22.4. The van der Waals surface area contributed by atoms with E-state index in [2.05, 4.69) is 22.3 Å². The molecule has 1 atom stereocenters. The van der Waals surface area contributed by atoms with Gasteiger partial charge in [0.15, 0.2) is 0 Å². The van der Waals surface area contributed by atoms with Crippen LogP contribution >= 0.6 is 0 Å². The molecule has 0 aromatic heterocycles. The molecule has 1 aliphatic rings. The van der Waals surface area contributed by atoms with Gasteiger partial charge in [-0.1, -0.05) is 36.4 Å². The van der Waals surface area contributed by atoms with Crippen molar-refractivity contribution in [3.63, 3.8) is 0 Å². The topological polar surface area (TPSA) is 84.7 Å². The van der Waals surface area contributed by atoms with Crippen molar-refractivity contribution in [3.8, 4) is 5.75 Å². The Bertz CT molecular complexity index is 1080. The van der Waals surface area contributed by atoms with Crippen LogP contribution in [0, 0.1) is 0 Å². The van der Waals surface area contributed by atoms with Gasteiger partial charge in [-0.15, -0.1) is 0 Å². The summed E-state index contributed by atoms with van der Waals surface area (Å²) in [6.07, 6.45) is 0.619. The lowest BCUT2D eigenvalue weighted by atomic mass is 9.93. The number of nitrogens with zero attached hydrogens (tertiary/aromatic N) is 1. The van der Waals surface area contributed by atoms with Gasteiger partial charge in [0.05, 0.1) is 13.2 Å². The Kier molecular flexibility index (Phi) is 6.00. The van der Waals surface area contributed by atoms with E-state index in [-0.39, 0.29) is 17.9 Å². The highest BCUT2D eigenvalue weighted by atomic mass is 16.5. The first-order valence-electron chi connectivity index (χ1n) is 10.2. The molecule has 1 aliphatic heterocycles. The maximum Gasteiger partial charge on any atom is 0.255 e. The number of hydrogen-bond donors (Lipinski definition) is 2. The van der Waals surface area contributed by atoms with E-state index in [1.807, 2.05) is 24.3 Å². The number of hydrogen-bond acceptors (Lipinski definition) is 4. The average molecular weight is 415 g/mol. The second-order valence-electron chi connectivity index (χ2n) is 7.68. The lowest BCUT2D eigenvalue weighted by Crippen LogP contribution is -2.48. The second kappa shape index (κ2) is 9.02. The molecule has 3 aromatic rings. The fourth-order valence-electron chi connectivity index (χ4n) is 3.90. The highest BCUT2D eigenvalue weighted by molar-refractivity contribution is 6.04. The highest BCUT2D eigenvalue weighted by Crippen LogP contribution is 2.25. The van der Waals surface area contributed by atoms with E-state index in [9.17, 15) is 9.59 Å². The van der Waals surface area contributed by atoms with E-state index in [1.54, 1.807) is 43.5 Å². The number of carbonyl (C=O) groups is 2. The molecule has 3 N–H and O–H groups in total. The smallest absolute Gasteiger partial charge is 0.255 e. The van der Waals surface area contributed by atoms with Crippen LogP contribution in [0.25, 0.3) is 0 Å². The number of primary amides is 1. The molecular weight excluding hydrogens is 390 g/mol. The Labute approximate surface area is 181 Å². The van der Waals surface area contributed by atoms with Crippen LogP contribution in [0.4, 0.5) is 5.69 Å². The van der Waals surface area contributed by atoms with Gasteiger partial charge in [-0.25, -0.2) is 0 Å². The zero-order valence-corrected chi connectivity index (χ0v) is 17.4. The first-order valence-corrected chi connectivity index (χ1v) is 10.2. The summed E-state index contributed by atoms with van der Waals surface area (Å²) in [7, 11) is 1.60. The number of methoxy groups -OCH3 is 1. The van der Waals surface area contributed by atoms with E-state index in [4.69, 9.17) is 10.5 Å². The van der Waals surface area contributed by atoms with E-state index in [0.29, 0.717) is 30.8 Å². The lowest BCUT2D eigenvalue weighted by molar-refractivity contribution is -0.124. The Hall–Kier alpha value is -3.64. The van der Waals surface area contributed by atoms with Crippen molar-refractivity contribution in [1.29, 1.82) is 0 Å². The van der Waals surface area contributed by atoms with Gasteiger partial charge < -0.3 is 15.8 Å². The number of nitrogens with two attached hydrogens (primary N) is 1. The standard InChI is InChI=1S/C25H25N3O3/c1-31-22-12-10-21(11-13-22)27-25(30)18-8-6-17(7-9-18)15-28-16-20-5-3-2-4-19(20)14-23(28)24(26)29/h2-13,23H,14-16H2,1H3,(H2,26,29)(H,27,30)/t23-/m1/s1. The van der Waals surface area contributed by atoms with Crippen molar-refractivity contribution >= 4 is 17.5 Å². The van der Waals surface area contributed by atoms with Gasteiger partial charge in [0.2, 0.25) is 5.91 Å². The maximum atomic E-state index is 12.5. The number of carbonyl (C=O) groups excluding carboxylic acids is 2. The van der Waals surface area contributed by atoms with Gasteiger partial charge in [0.1, 0.15) is 5.75 Å². The molecule has 0 bridgehead atoms. The van der Waals surface area contributed by atoms with Crippen molar-refractivity contribution in [2.75, 3.05) is 12.4 Å². The molecule has 6 nitrogen and oxygen atoms in total. The molecule has 0 radical (unpaired) electrons. The molecule has 0 fully saturated rings. The lowest BCUT2D eigenvalue weighted by Gasteiger charge is -2.35. The van der Waals surface area contributed by atoms with Crippen LogP contribution in [0.3, 0.4) is 0 Å². The van der Waals surface area contributed by atoms with Gasteiger partial charge in [-0.05, 0) is 59.5 Å². The van der Waals surface area contributed by atoms with E-state index in [0.717, 1.165) is 11.3 Å². The summed E-state index contributed by atoms with van der Waals surface area (Å²) in [4.78, 5) is 26.7. The Morgan fingerprint density at radius 2 is 1.68 bits per heavy atom. The fourth-order valence-corrected chi connectivity index (χ4v) is 3.90. The largest absolute Gasteiger partial charge is 0.497 e. The number of ether oxygens (including phenoxy) is 1. The van der Waals surface area contributed by atoms with Crippen molar-refractivity contribution < 1.29 is 14.3 Å². The third kappa shape index (κ3) is 4.75. The molecule has 2 amide bonds. The first kappa shape index (κ1) is 20.6. The summed E-state index contributed by atoms with van der Waals surface area (Å²) in [5.41, 5.74) is 10.4. The molecule has 3 aromatic carbocycles. The number of benzene rings is 3. The fraction of sp³-hybridized carbons (Fsp3) is 0.200. The minimum Gasteiger partial charge on any atom is -0.497 e. The predicted molar refractivity (Wildman–Crippen MR) is 120 cm³/mol. The molecule has 31 heavy (non-hydrogen) atoms. The minimum atomic E-state index is -0.340. The highest BCUT2D eigenvalue weighted by Gasteiger charge is 2.29. The number of anilines is 1. The van der Waals surface area contributed by atoms with Crippen LogP contribution in [0.1, 0.15) is 27.0 Å². The van der Waals surface area contributed by atoms with Gasteiger partial charge in [0, 0.05) is 24.3 Å². The molecule has 0 unspecified atom stereocenters. The monoisotopic (exact) mass is 415 g/mol. The van der Waals surface area contributed by atoms with Gasteiger partial charge in [-0.2, -0.15) is 0 Å². The van der Waals surface area contributed by atoms with Crippen LogP contribution in [0.15, 0.2) is 72.8 Å². The third-order valence-electron chi connectivity index (χ3n) is 5.62. The molecule has 1 heterocycles. The third-order valence-corrected chi connectivity index (χ3v) is 5.62. The summed E-state index contributed by atoms with van der Waals surface area (Å²) in [5, 5.41) is 2.88. The minimum absolute atomic E-state index is 0.182. The molecule has 4 rings (SSSR count). The normalized spacial score (nSPS) is 15.7. The van der Waals surface area contributed by atoms with Crippen LogP contribution < -0.4 is 15.8 Å². The molecule has 0 spiro atoms. The Morgan fingerprint density at radius 3 is 2.32 bits per heavy atom. The van der Waals surface area contributed by atoms with Crippen LogP contribution in [-0.4, -0.2) is 29.9 Å². The second-order valence-corrected chi connectivity index (χ2v) is 7.68. The van der Waals surface area contributed by atoms with E-state index in [1.165, 1.54) is 11.1 Å². The molecule has 0 saturated carbocycles. The summed E-state index contributed by atoms with van der Waals surface area (Å²) in [5.74, 6) is 0.237. The van der Waals surface area contributed by atoms with Crippen molar-refractivity contribution in [2.24, 2.45) is 5.73 Å². The zero-order chi connectivity index (χ0) is 21.8. The van der Waals surface area contributed by atoms with Gasteiger partial charge in [-0.3, -0.25) is 14.5 Å². The van der Waals surface area contributed by atoms with Gasteiger partial charge >= 0.3 is 0 Å². The molecule has 158 valence electrons. The average Bonchev–Trinajstić information content (AvgIpc) is 2.79. The van der Waals surface area contributed by atoms with Crippen LogP contribution in [-0.2, 0) is 24.3 Å². The Morgan fingerprint density at radius 1 is 1.00 bits per heavy atom. The van der Waals surface area contributed by atoms with Gasteiger partial charge in [0.25, 0.3) is 5.91 Å². The zero-order valence-electron chi connectivity index (χ0n) is 17.4. The maximum absolute atomic E-state index is 12.5. The molecule has 0 aliphatic carbocycles. The number of amides is 2. The first-order chi connectivity index (χ1) is 15.0. The number of nitrogens with one attached hydrogen (secondary N) is 1. The SMILES string of the molecule is COc1ccc(NC(=O)c2ccc(CN3Cc4ccccc4C[C@@H]3C(N)=O)cc2)cc1. The summed E-state index contributed by atoms with van der Waals surface area (Å²) in [6.45, 7) is 1.26. The van der Waals surface area contributed by atoms with Crippen molar-refractivity contribution in [3.05, 3.63) is 95.1 Å². The summed E-state index contributed by atoms with van der Waals surface area (Å²) < 4.78 is 5.13. The van der Waals surface area contributed by atoms with Crippen LogP contribution in [0.5, 0.6) is 5.75 Å². The van der Waals surface area contributed by atoms with Crippen molar-refractivity contribution in [1.82, 2.24) is 4.90 Å². The molecular formula is C25H25N3O3. The Balaban J connectivity index is 1.43. The van der Waals surface area contributed by atoms with Crippen molar-refractivity contribution in [2.45, 2.75) is 25.6 Å². The number of rotatable bonds is 6. The van der Waals surface area contributed by atoms with E-state index < -0.39 is 0 Å². The number of fused-ring (bicyclic) bond motifs is 1. The predicted octanol–water partition coefficient (Wildman–Crippen LogP) is 3.36. The van der Waals surface area contributed by atoms with Crippen LogP contribution in [0.2, 0.25) is 0 Å². The summed E-state index contributed by atoms with van der Waals surface area (Å²) >= 11 is 0. The molecule has 0 saturated heterocycles. The van der Waals surface area contributed by atoms with E-state index >= 15 is 0 Å². The quantitative estimate of drug-likeness (QED) is 0.647. The molecule has 6 heteroatoms.